The van der Waals surface area contributed by atoms with Gasteiger partial charge >= 0.3 is 0 Å². The third-order valence-corrected chi connectivity index (χ3v) is 3.70. The molecule has 1 unspecified atom stereocenters. The quantitative estimate of drug-likeness (QED) is 0.859. The molecule has 0 aliphatic carbocycles. The average molecular weight is 322 g/mol. The van der Waals surface area contributed by atoms with Crippen LogP contribution in [0.4, 0.5) is 0 Å². The van der Waals surface area contributed by atoms with Crippen molar-refractivity contribution in [3.05, 3.63) is 46.7 Å². The Kier molecular flexibility index (Phi) is 5.57. The lowest BCUT2D eigenvalue weighted by Gasteiger charge is -2.12. The highest BCUT2D eigenvalue weighted by molar-refractivity contribution is 6.32. The summed E-state index contributed by atoms with van der Waals surface area (Å²) >= 11 is 6.16. The number of carbonyl (C=O) groups excluding carboxylic acids is 1. The zero-order valence-electron chi connectivity index (χ0n) is 12.7. The van der Waals surface area contributed by atoms with Crippen LogP contribution in [0.2, 0.25) is 5.02 Å². The maximum atomic E-state index is 12.3. The monoisotopic (exact) mass is 321 g/mol. The van der Waals surface area contributed by atoms with Gasteiger partial charge in [-0.1, -0.05) is 23.7 Å². The first-order valence-electron chi connectivity index (χ1n) is 7.26. The van der Waals surface area contributed by atoms with Crippen molar-refractivity contribution >= 4 is 17.5 Å². The van der Waals surface area contributed by atoms with Crippen LogP contribution in [0.3, 0.4) is 0 Å². The number of aromatic nitrogens is 2. The Morgan fingerprint density at radius 1 is 1.45 bits per heavy atom. The van der Waals surface area contributed by atoms with Gasteiger partial charge in [-0.25, -0.2) is 4.68 Å². The van der Waals surface area contributed by atoms with E-state index in [4.69, 9.17) is 16.7 Å². The molecule has 2 N–H and O–H groups in total. The number of para-hydroxylation sites is 1. The highest BCUT2D eigenvalue weighted by atomic mass is 35.5. The lowest BCUT2D eigenvalue weighted by atomic mass is 10.2. The molecular formula is C16H20ClN3O2. The third kappa shape index (κ3) is 3.87. The Labute approximate surface area is 134 Å². The van der Waals surface area contributed by atoms with Gasteiger partial charge in [0.25, 0.3) is 5.91 Å². The van der Waals surface area contributed by atoms with Gasteiger partial charge in [0.1, 0.15) is 0 Å². The molecule has 0 aliphatic rings. The van der Waals surface area contributed by atoms with Crippen LogP contribution >= 0.6 is 11.6 Å². The summed E-state index contributed by atoms with van der Waals surface area (Å²) < 4.78 is 1.62. The van der Waals surface area contributed by atoms with E-state index in [1.807, 2.05) is 32.0 Å². The number of hydrogen-bond acceptors (Lipinski definition) is 3. The Bertz CT molecular complexity index is 655. The molecule has 0 saturated heterocycles. The van der Waals surface area contributed by atoms with Gasteiger partial charge in [0.2, 0.25) is 0 Å². The summed E-state index contributed by atoms with van der Waals surface area (Å²) in [7, 11) is 0. The van der Waals surface area contributed by atoms with Crippen molar-refractivity contribution in [2.24, 2.45) is 0 Å². The van der Waals surface area contributed by atoms with Crippen LogP contribution in [-0.2, 0) is 0 Å². The summed E-state index contributed by atoms with van der Waals surface area (Å²) in [6.07, 6.45) is 3.18. The minimum absolute atomic E-state index is 0.00971. The molecule has 2 aromatic rings. The first kappa shape index (κ1) is 16.5. The molecule has 6 heteroatoms. The predicted octanol–water partition coefficient (Wildman–Crippen LogP) is 2.72. The number of amides is 1. The van der Waals surface area contributed by atoms with Crippen LogP contribution in [0, 0.1) is 6.92 Å². The summed E-state index contributed by atoms with van der Waals surface area (Å²) in [6.45, 7) is 3.88. The highest BCUT2D eigenvalue weighted by Crippen LogP contribution is 2.20. The van der Waals surface area contributed by atoms with Crippen LogP contribution in [0.25, 0.3) is 5.69 Å². The molecule has 22 heavy (non-hydrogen) atoms. The normalized spacial score (nSPS) is 12.2. The second kappa shape index (κ2) is 7.42. The average Bonchev–Trinajstić information content (AvgIpc) is 2.87. The molecule has 2 rings (SSSR count). The fourth-order valence-electron chi connectivity index (χ4n) is 2.21. The summed E-state index contributed by atoms with van der Waals surface area (Å²) in [5.74, 6) is -0.214. The van der Waals surface area contributed by atoms with E-state index in [0.717, 1.165) is 17.7 Å². The SMILES string of the molecule is Cc1cn(-c2ccccc2Cl)nc1C(=O)NC(C)CCCO. The summed E-state index contributed by atoms with van der Waals surface area (Å²) in [5.41, 5.74) is 1.90. The van der Waals surface area contributed by atoms with Crippen LogP contribution in [0.5, 0.6) is 0 Å². The highest BCUT2D eigenvalue weighted by Gasteiger charge is 2.17. The van der Waals surface area contributed by atoms with E-state index in [0.29, 0.717) is 17.1 Å². The number of aliphatic hydroxyl groups is 1. The van der Waals surface area contributed by atoms with Crippen molar-refractivity contribution in [1.82, 2.24) is 15.1 Å². The number of halogens is 1. The lowest BCUT2D eigenvalue weighted by molar-refractivity contribution is 0.0930. The number of rotatable bonds is 6. The predicted molar refractivity (Wildman–Crippen MR) is 86.6 cm³/mol. The van der Waals surface area contributed by atoms with E-state index in [2.05, 4.69) is 10.4 Å². The number of aryl methyl sites for hydroxylation is 1. The van der Waals surface area contributed by atoms with Gasteiger partial charge in [-0.15, -0.1) is 0 Å². The van der Waals surface area contributed by atoms with Gasteiger partial charge in [0, 0.05) is 24.4 Å². The molecule has 0 bridgehead atoms. The molecule has 5 nitrogen and oxygen atoms in total. The first-order valence-corrected chi connectivity index (χ1v) is 7.63. The molecule has 0 fully saturated rings. The van der Waals surface area contributed by atoms with E-state index in [1.165, 1.54) is 0 Å². The van der Waals surface area contributed by atoms with Gasteiger partial charge in [-0.05, 0) is 38.8 Å². The zero-order chi connectivity index (χ0) is 16.1. The number of benzene rings is 1. The van der Waals surface area contributed by atoms with Crippen LogP contribution in [-0.4, -0.2) is 33.4 Å². The Balaban J connectivity index is 2.16. The number of aliphatic hydroxyl groups excluding tert-OH is 1. The fraction of sp³-hybridized carbons (Fsp3) is 0.375. The van der Waals surface area contributed by atoms with Crippen molar-refractivity contribution in [3.8, 4) is 5.69 Å². The zero-order valence-corrected chi connectivity index (χ0v) is 13.5. The van der Waals surface area contributed by atoms with Gasteiger partial charge in [0.05, 0.1) is 10.7 Å². The van der Waals surface area contributed by atoms with Crippen molar-refractivity contribution in [3.63, 3.8) is 0 Å². The Hall–Kier alpha value is -1.85. The van der Waals surface area contributed by atoms with Crippen molar-refractivity contribution in [1.29, 1.82) is 0 Å². The summed E-state index contributed by atoms with van der Waals surface area (Å²) in [6, 6.07) is 7.34. The van der Waals surface area contributed by atoms with Crippen LogP contribution in [0.15, 0.2) is 30.5 Å². The molecular weight excluding hydrogens is 302 g/mol. The molecule has 0 aliphatic heterocycles. The first-order chi connectivity index (χ1) is 10.5. The largest absolute Gasteiger partial charge is 0.396 e. The second-order valence-electron chi connectivity index (χ2n) is 5.30. The van der Waals surface area contributed by atoms with E-state index in [-0.39, 0.29) is 18.6 Å². The van der Waals surface area contributed by atoms with Gasteiger partial charge in [-0.3, -0.25) is 4.79 Å². The van der Waals surface area contributed by atoms with E-state index >= 15 is 0 Å². The third-order valence-electron chi connectivity index (χ3n) is 3.38. The summed E-state index contributed by atoms with van der Waals surface area (Å²) in [4.78, 5) is 12.3. The standard InChI is InChI=1S/C16H20ClN3O2/c1-11-10-20(14-8-4-3-7-13(14)17)19-15(11)16(22)18-12(2)6-5-9-21/h3-4,7-8,10,12,21H,5-6,9H2,1-2H3,(H,18,22). The molecule has 1 atom stereocenters. The number of carbonyl (C=O) groups is 1. The number of nitrogens with one attached hydrogen (secondary N) is 1. The molecule has 1 amide bonds. The van der Waals surface area contributed by atoms with Gasteiger partial charge in [-0.2, -0.15) is 5.10 Å². The van der Waals surface area contributed by atoms with Gasteiger partial charge in [0.15, 0.2) is 5.69 Å². The number of nitrogens with zero attached hydrogens (tertiary/aromatic N) is 2. The number of hydrogen-bond donors (Lipinski definition) is 2. The molecule has 1 aromatic carbocycles. The Morgan fingerprint density at radius 3 is 2.86 bits per heavy atom. The summed E-state index contributed by atoms with van der Waals surface area (Å²) in [5, 5.41) is 16.6. The molecule has 0 spiro atoms. The molecule has 118 valence electrons. The van der Waals surface area contributed by atoms with Crippen molar-refractivity contribution < 1.29 is 9.90 Å². The molecule has 0 radical (unpaired) electrons. The van der Waals surface area contributed by atoms with E-state index in [9.17, 15) is 4.79 Å². The molecule has 1 aromatic heterocycles. The van der Waals surface area contributed by atoms with Crippen molar-refractivity contribution in [2.75, 3.05) is 6.61 Å². The lowest BCUT2D eigenvalue weighted by Crippen LogP contribution is -2.33. The topological polar surface area (TPSA) is 67.2 Å². The smallest absolute Gasteiger partial charge is 0.272 e. The van der Waals surface area contributed by atoms with E-state index in [1.54, 1.807) is 16.9 Å². The second-order valence-corrected chi connectivity index (χ2v) is 5.70. The molecule has 0 saturated carbocycles. The van der Waals surface area contributed by atoms with Crippen LogP contribution in [0.1, 0.15) is 35.8 Å². The van der Waals surface area contributed by atoms with Crippen molar-refractivity contribution in [2.45, 2.75) is 32.7 Å². The van der Waals surface area contributed by atoms with E-state index < -0.39 is 0 Å². The van der Waals surface area contributed by atoms with Crippen LogP contribution < -0.4 is 5.32 Å². The maximum absolute atomic E-state index is 12.3. The minimum atomic E-state index is -0.214. The minimum Gasteiger partial charge on any atom is -0.396 e. The Morgan fingerprint density at radius 2 is 2.18 bits per heavy atom. The fourth-order valence-corrected chi connectivity index (χ4v) is 2.43. The molecule has 1 heterocycles. The van der Waals surface area contributed by atoms with Gasteiger partial charge < -0.3 is 10.4 Å². The maximum Gasteiger partial charge on any atom is 0.272 e.